The van der Waals surface area contributed by atoms with E-state index in [2.05, 4.69) is 10.3 Å². The number of nitrogens with one attached hydrogen (secondary N) is 1. The number of aliphatic hydroxyl groups excluding tert-OH is 1. The predicted molar refractivity (Wildman–Crippen MR) is 124 cm³/mol. The van der Waals surface area contributed by atoms with E-state index in [0.29, 0.717) is 17.9 Å². The molecule has 0 saturated carbocycles. The Morgan fingerprint density at radius 1 is 1.44 bits per heavy atom. The van der Waals surface area contributed by atoms with Crippen LogP contribution in [0.25, 0.3) is 0 Å². The number of halogens is 2. The summed E-state index contributed by atoms with van der Waals surface area (Å²) in [6, 6.07) is 5.10. The van der Waals surface area contributed by atoms with E-state index in [-0.39, 0.29) is 12.4 Å². The Kier molecular flexibility index (Phi) is 6.55. The number of nitrogens with zero attached hydrogens (tertiary/aromatic N) is 2. The molecular formula is C22H25FIN3O5. The Morgan fingerprint density at radius 3 is 2.91 bits per heavy atom. The number of hydrogen-bond donors (Lipinski definition) is 2. The Hall–Kier alpha value is -2.05. The van der Waals surface area contributed by atoms with E-state index < -0.39 is 33.5 Å². The molecule has 1 aromatic carbocycles. The Labute approximate surface area is 198 Å². The first-order valence-corrected chi connectivity index (χ1v) is 11.6. The minimum atomic E-state index is -1.90. The molecule has 4 rings (SSSR count). The number of amides is 1. The summed E-state index contributed by atoms with van der Waals surface area (Å²) in [6.07, 6.45) is 2.29. The number of aryl methyl sites for hydroxylation is 2. The van der Waals surface area contributed by atoms with Gasteiger partial charge >= 0.3 is 5.69 Å². The normalized spacial score (nSPS) is 27.3. The van der Waals surface area contributed by atoms with Crippen molar-refractivity contribution in [3.05, 3.63) is 51.6 Å². The van der Waals surface area contributed by atoms with Crippen molar-refractivity contribution in [2.24, 2.45) is 5.92 Å². The molecule has 172 valence electrons. The van der Waals surface area contributed by atoms with Gasteiger partial charge in [-0.05, 0) is 72.0 Å². The summed E-state index contributed by atoms with van der Waals surface area (Å²) in [7, 11) is 0. The lowest BCUT2D eigenvalue weighted by Crippen LogP contribution is -2.36. The summed E-state index contributed by atoms with van der Waals surface area (Å²) in [6.45, 7) is 3.73. The first-order chi connectivity index (χ1) is 15.2. The highest BCUT2D eigenvalue weighted by Crippen LogP contribution is 2.49. The fourth-order valence-corrected chi connectivity index (χ4v) is 4.91. The molecule has 1 unspecified atom stereocenters. The second-order valence-electron chi connectivity index (χ2n) is 8.21. The average Bonchev–Trinajstić information content (AvgIpc) is 2.89. The maximum absolute atomic E-state index is 15.2. The summed E-state index contributed by atoms with van der Waals surface area (Å²) >= 11 is 1.60. The summed E-state index contributed by atoms with van der Waals surface area (Å²) < 4.78 is 25.7. The molecule has 1 fully saturated rings. The number of carbonyl (C=O) groups excluding carboxylic acids is 1. The molecule has 0 aliphatic carbocycles. The van der Waals surface area contributed by atoms with Gasteiger partial charge in [0, 0.05) is 17.7 Å². The van der Waals surface area contributed by atoms with Crippen molar-refractivity contribution in [2.45, 2.75) is 49.1 Å². The number of aromatic nitrogens is 2. The van der Waals surface area contributed by atoms with Crippen LogP contribution in [0.15, 0.2) is 29.2 Å². The molecular weight excluding hydrogens is 532 g/mol. The standard InChI is InChI=1S/C22H25FIN3O5/c1-12-9-14-5-3-4-8-31-16(14)10-15(12)19(29)25-18-6-7-27(21(30)26-18)20-22(23,24)13(2)17(11-28)32-20/h6-7,9-10,13,17,20,28H,3-5,8,11H2,1-2H3,(H,25,26,29,30)/t13?,17-,20-,22-/m1/s1. The molecule has 0 radical (unpaired) electrons. The highest BCUT2D eigenvalue weighted by molar-refractivity contribution is 14.1. The Balaban J connectivity index is 1.55. The van der Waals surface area contributed by atoms with Gasteiger partial charge in [-0.25, -0.2) is 9.18 Å². The van der Waals surface area contributed by atoms with Crippen LogP contribution in [0.5, 0.6) is 5.75 Å². The van der Waals surface area contributed by atoms with Gasteiger partial charge in [0.2, 0.25) is 3.68 Å². The van der Waals surface area contributed by atoms with Crippen LogP contribution in [0.4, 0.5) is 10.2 Å². The lowest BCUT2D eigenvalue weighted by molar-refractivity contribution is -0.0440. The highest BCUT2D eigenvalue weighted by Gasteiger charge is 2.54. The molecule has 2 N–H and O–H groups in total. The van der Waals surface area contributed by atoms with E-state index >= 15 is 4.39 Å². The molecule has 0 spiro atoms. The maximum atomic E-state index is 15.2. The topological polar surface area (TPSA) is 103 Å². The van der Waals surface area contributed by atoms with Crippen molar-refractivity contribution in [1.29, 1.82) is 0 Å². The van der Waals surface area contributed by atoms with Crippen molar-refractivity contribution < 1.29 is 23.8 Å². The van der Waals surface area contributed by atoms with Crippen molar-refractivity contribution >= 4 is 34.3 Å². The third kappa shape index (κ3) is 4.27. The quantitative estimate of drug-likeness (QED) is 0.443. The number of fused-ring (bicyclic) bond motifs is 1. The van der Waals surface area contributed by atoms with Gasteiger partial charge < -0.3 is 19.9 Å². The highest BCUT2D eigenvalue weighted by atomic mass is 127. The first kappa shape index (κ1) is 23.1. The minimum Gasteiger partial charge on any atom is -0.493 e. The number of ether oxygens (including phenoxy) is 2. The Bertz CT molecular complexity index is 1090. The molecule has 2 aromatic rings. The van der Waals surface area contributed by atoms with Crippen molar-refractivity contribution in [3.8, 4) is 5.75 Å². The molecule has 10 heteroatoms. The fourth-order valence-electron chi connectivity index (χ4n) is 4.07. The van der Waals surface area contributed by atoms with Crippen LogP contribution in [-0.4, -0.2) is 43.6 Å². The fraction of sp³-hybridized carbons (Fsp3) is 0.500. The van der Waals surface area contributed by atoms with Crippen LogP contribution in [0.3, 0.4) is 0 Å². The zero-order valence-electron chi connectivity index (χ0n) is 17.8. The molecule has 32 heavy (non-hydrogen) atoms. The molecule has 2 aliphatic heterocycles. The average molecular weight is 557 g/mol. The third-order valence-corrected chi connectivity index (χ3v) is 7.57. The number of anilines is 1. The van der Waals surface area contributed by atoms with Gasteiger partial charge in [-0.15, -0.1) is 0 Å². The lowest BCUT2D eigenvalue weighted by atomic mass is 10.0. The van der Waals surface area contributed by atoms with Gasteiger partial charge in [-0.2, -0.15) is 4.98 Å². The number of hydrogen-bond acceptors (Lipinski definition) is 6. The van der Waals surface area contributed by atoms with E-state index in [9.17, 15) is 14.7 Å². The monoisotopic (exact) mass is 557 g/mol. The molecule has 4 atom stereocenters. The minimum absolute atomic E-state index is 0.0502. The second kappa shape index (κ2) is 9.06. The van der Waals surface area contributed by atoms with Crippen LogP contribution in [0.1, 0.15) is 47.5 Å². The van der Waals surface area contributed by atoms with Crippen LogP contribution >= 0.6 is 22.6 Å². The van der Waals surface area contributed by atoms with E-state index in [4.69, 9.17) is 9.47 Å². The molecule has 1 amide bonds. The van der Waals surface area contributed by atoms with Crippen LogP contribution in [0.2, 0.25) is 0 Å². The third-order valence-electron chi connectivity index (χ3n) is 6.05. The molecule has 1 aromatic heterocycles. The van der Waals surface area contributed by atoms with Gasteiger partial charge in [0.05, 0.1) is 19.3 Å². The Morgan fingerprint density at radius 2 is 2.22 bits per heavy atom. The second-order valence-corrected chi connectivity index (χ2v) is 9.86. The lowest BCUT2D eigenvalue weighted by Gasteiger charge is -2.24. The van der Waals surface area contributed by atoms with Gasteiger partial charge in [-0.1, -0.05) is 13.0 Å². The van der Waals surface area contributed by atoms with E-state index in [1.165, 1.54) is 12.3 Å². The van der Waals surface area contributed by atoms with E-state index in [1.54, 1.807) is 35.6 Å². The zero-order chi connectivity index (χ0) is 23.0. The summed E-state index contributed by atoms with van der Waals surface area (Å²) in [5.41, 5.74) is 1.55. The van der Waals surface area contributed by atoms with Crippen LogP contribution in [0, 0.1) is 12.8 Å². The summed E-state index contributed by atoms with van der Waals surface area (Å²) in [4.78, 5) is 29.3. The number of aliphatic hydroxyl groups is 1. The molecule has 3 heterocycles. The van der Waals surface area contributed by atoms with Gasteiger partial charge in [0.25, 0.3) is 5.91 Å². The zero-order valence-corrected chi connectivity index (χ0v) is 20.0. The number of carbonyl (C=O) groups is 1. The number of alkyl halides is 2. The van der Waals surface area contributed by atoms with Crippen molar-refractivity contribution in [2.75, 3.05) is 18.5 Å². The number of rotatable bonds is 4. The van der Waals surface area contributed by atoms with Crippen LogP contribution < -0.4 is 15.7 Å². The number of benzene rings is 1. The van der Waals surface area contributed by atoms with E-state index in [0.717, 1.165) is 35.0 Å². The smallest absolute Gasteiger partial charge is 0.351 e. The molecule has 0 bridgehead atoms. The van der Waals surface area contributed by atoms with Crippen molar-refractivity contribution in [1.82, 2.24) is 9.55 Å². The van der Waals surface area contributed by atoms with E-state index in [1.807, 2.05) is 13.0 Å². The summed E-state index contributed by atoms with van der Waals surface area (Å²) in [5.74, 6) is -0.284. The SMILES string of the molecule is Cc1cc2c(cc1C(=O)Nc1ccn([C@@H]3O[C@H](CO)C(C)[C@@]3(F)I)c(=O)n1)OCCCC2. The largest absolute Gasteiger partial charge is 0.493 e. The van der Waals surface area contributed by atoms with Gasteiger partial charge in [-0.3, -0.25) is 9.36 Å². The predicted octanol–water partition coefficient (Wildman–Crippen LogP) is 3.15. The van der Waals surface area contributed by atoms with Crippen molar-refractivity contribution in [3.63, 3.8) is 0 Å². The molecule has 1 saturated heterocycles. The van der Waals surface area contributed by atoms with Gasteiger partial charge in [0.15, 0.2) is 6.23 Å². The summed E-state index contributed by atoms with van der Waals surface area (Å²) in [5, 5.41) is 12.0. The molecule has 8 nitrogen and oxygen atoms in total. The molecule has 2 aliphatic rings. The van der Waals surface area contributed by atoms with Crippen LogP contribution in [-0.2, 0) is 11.2 Å². The first-order valence-electron chi connectivity index (χ1n) is 10.5. The van der Waals surface area contributed by atoms with Gasteiger partial charge in [0.1, 0.15) is 11.6 Å². The maximum Gasteiger partial charge on any atom is 0.351 e.